The molecule has 0 atom stereocenters. The van der Waals surface area contributed by atoms with E-state index in [1.165, 1.54) is 77.9 Å². The van der Waals surface area contributed by atoms with Crippen LogP contribution < -0.4 is 0 Å². The van der Waals surface area contributed by atoms with E-state index in [1.54, 1.807) is 0 Å². The molecule has 0 N–H and O–H groups in total. The standard InChI is InChI=1S/C50H36/c1-5-17-36(18-6-1)42-30-43(37-19-7-2-8-20-37)33-46(32-42)50(48-27-15-13-25-40(48)29-41-26-14-16-28-49(41)50)47-34-44(38-21-9-3-10-22-38)31-45(35-47)39-23-11-4-12-24-39/h1-28,30-35H,29H2. The molecule has 1 aliphatic carbocycles. The first-order chi connectivity index (χ1) is 24.8. The summed E-state index contributed by atoms with van der Waals surface area (Å²) in [5.74, 6) is 0. The van der Waals surface area contributed by atoms with E-state index in [4.69, 9.17) is 0 Å². The number of fused-ring (bicyclic) bond motifs is 2. The molecule has 1 aliphatic rings. The Morgan fingerprint density at radius 3 is 0.860 bits per heavy atom. The smallest absolute Gasteiger partial charge is 0.0622 e. The highest BCUT2D eigenvalue weighted by atomic mass is 14.5. The lowest BCUT2D eigenvalue weighted by molar-refractivity contribution is 0.704. The average molecular weight is 637 g/mol. The molecule has 0 unspecified atom stereocenters. The minimum Gasteiger partial charge on any atom is -0.0622 e. The van der Waals surface area contributed by atoms with Crippen LogP contribution in [0, 0.1) is 0 Å². The van der Waals surface area contributed by atoms with E-state index in [0.717, 1.165) is 6.42 Å². The van der Waals surface area contributed by atoms with Gasteiger partial charge in [0.05, 0.1) is 5.41 Å². The maximum Gasteiger partial charge on any atom is 0.0707 e. The van der Waals surface area contributed by atoms with Gasteiger partial charge in [-0.25, -0.2) is 0 Å². The Labute approximate surface area is 295 Å². The van der Waals surface area contributed by atoms with Crippen LogP contribution in [0.25, 0.3) is 44.5 Å². The SMILES string of the molecule is c1ccc(-c2cc(-c3ccccc3)cc(C3(c4cc(-c5ccccc5)cc(-c5ccccc5)c4)c4ccccc4Cc4ccccc43)c2)cc1. The van der Waals surface area contributed by atoms with Gasteiger partial charge in [-0.05, 0) is 121 Å². The fraction of sp³-hybridized carbons (Fsp3) is 0.0400. The molecule has 0 heteroatoms. The number of benzene rings is 8. The normalized spacial score (nSPS) is 12.9. The van der Waals surface area contributed by atoms with Crippen molar-refractivity contribution < 1.29 is 0 Å². The average Bonchev–Trinajstić information content (AvgIpc) is 3.21. The van der Waals surface area contributed by atoms with Gasteiger partial charge in [-0.15, -0.1) is 0 Å². The lowest BCUT2D eigenvalue weighted by Gasteiger charge is -2.43. The van der Waals surface area contributed by atoms with Gasteiger partial charge in [-0.2, -0.15) is 0 Å². The van der Waals surface area contributed by atoms with E-state index in [0.29, 0.717) is 0 Å². The Hall–Kier alpha value is -6.24. The predicted octanol–water partition coefficient (Wildman–Crippen LogP) is 12.6. The number of hydrogen-bond donors (Lipinski definition) is 0. The highest BCUT2D eigenvalue weighted by Crippen LogP contribution is 2.53. The molecular formula is C50H36. The summed E-state index contributed by atoms with van der Waals surface area (Å²) in [5.41, 5.74) is 17.0. The second-order valence-electron chi connectivity index (χ2n) is 13.3. The Bertz CT molecular complexity index is 2130. The van der Waals surface area contributed by atoms with E-state index >= 15 is 0 Å². The molecule has 236 valence electrons. The topological polar surface area (TPSA) is 0 Å². The third kappa shape index (κ3) is 5.18. The van der Waals surface area contributed by atoms with Crippen LogP contribution in [0.4, 0.5) is 0 Å². The minimum atomic E-state index is -0.589. The summed E-state index contributed by atoms with van der Waals surface area (Å²) in [5, 5.41) is 0. The van der Waals surface area contributed by atoms with Crippen molar-refractivity contribution in [3.63, 3.8) is 0 Å². The Morgan fingerprint density at radius 1 is 0.260 bits per heavy atom. The van der Waals surface area contributed by atoms with Crippen LogP contribution in [-0.2, 0) is 11.8 Å². The molecule has 8 aromatic rings. The molecule has 0 nitrogen and oxygen atoms in total. The zero-order valence-electron chi connectivity index (χ0n) is 27.8. The Balaban J connectivity index is 1.45. The summed E-state index contributed by atoms with van der Waals surface area (Å²) in [7, 11) is 0. The maximum atomic E-state index is 2.46. The predicted molar refractivity (Wildman–Crippen MR) is 209 cm³/mol. The van der Waals surface area contributed by atoms with Gasteiger partial charge in [0.15, 0.2) is 0 Å². The third-order valence-corrected chi connectivity index (χ3v) is 10.4. The van der Waals surface area contributed by atoms with Gasteiger partial charge in [-0.1, -0.05) is 170 Å². The summed E-state index contributed by atoms with van der Waals surface area (Å²) in [4.78, 5) is 0. The van der Waals surface area contributed by atoms with Crippen molar-refractivity contribution in [1.82, 2.24) is 0 Å². The van der Waals surface area contributed by atoms with Gasteiger partial charge >= 0.3 is 0 Å². The van der Waals surface area contributed by atoms with E-state index in [2.05, 4.69) is 206 Å². The first-order valence-electron chi connectivity index (χ1n) is 17.5. The van der Waals surface area contributed by atoms with Crippen LogP contribution in [0.2, 0.25) is 0 Å². The molecule has 0 radical (unpaired) electrons. The molecule has 50 heavy (non-hydrogen) atoms. The second-order valence-corrected chi connectivity index (χ2v) is 13.3. The van der Waals surface area contributed by atoms with Crippen molar-refractivity contribution in [2.24, 2.45) is 0 Å². The van der Waals surface area contributed by atoms with Gasteiger partial charge in [0.25, 0.3) is 0 Å². The van der Waals surface area contributed by atoms with Crippen LogP contribution in [0.5, 0.6) is 0 Å². The molecule has 0 saturated heterocycles. The van der Waals surface area contributed by atoms with Crippen LogP contribution >= 0.6 is 0 Å². The molecule has 0 saturated carbocycles. The molecule has 0 fully saturated rings. The molecule has 0 spiro atoms. The van der Waals surface area contributed by atoms with Gasteiger partial charge in [0, 0.05) is 0 Å². The van der Waals surface area contributed by atoms with E-state index in [9.17, 15) is 0 Å². The monoisotopic (exact) mass is 636 g/mol. The van der Waals surface area contributed by atoms with Crippen molar-refractivity contribution in [2.45, 2.75) is 11.8 Å². The van der Waals surface area contributed by atoms with E-state index in [-0.39, 0.29) is 0 Å². The zero-order chi connectivity index (χ0) is 33.3. The minimum absolute atomic E-state index is 0.589. The van der Waals surface area contributed by atoms with Crippen LogP contribution in [0.3, 0.4) is 0 Å². The van der Waals surface area contributed by atoms with Crippen molar-refractivity contribution in [2.75, 3.05) is 0 Å². The molecule has 0 heterocycles. The van der Waals surface area contributed by atoms with Gasteiger partial charge in [0.2, 0.25) is 0 Å². The second kappa shape index (κ2) is 12.7. The molecule has 0 aromatic heterocycles. The van der Waals surface area contributed by atoms with Crippen LogP contribution in [0.15, 0.2) is 206 Å². The summed E-state index contributed by atoms with van der Waals surface area (Å²) < 4.78 is 0. The first kappa shape index (κ1) is 29.9. The highest BCUT2D eigenvalue weighted by molar-refractivity contribution is 5.81. The molecule has 8 aromatic carbocycles. The number of hydrogen-bond acceptors (Lipinski definition) is 0. The van der Waals surface area contributed by atoms with Crippen molar-refractivity contribution in [3.05, 3.63) is 240 Å². The van der Waals surface area contributed by atoms with Crippen LogP contribution in [0.1, 0.15) is 33.4 Å². The molecule has 9 rings (SSSR count). The number of rotatable bonds is 6. The highest BCUT2D eigenvalue weighted by Gasteiger charge is 2.44. The third-order valence-electron chi connectivity index (χ3n) is 10.4. The van der Waals surface area contributed by atoms with Crippen LogP contribution in [-0.4, -0.2) is 0 Å². The molecule has 0 aliphatic heterocycles. The lowest BCUT2D eigenvalue weighted by atomic mass is 9.59. The quantitative estimate of drug-likeness (QED) is 0.170. The van der Waals surface area contributed by atoms with Crippen molar-refractivity contribution in [3.8, 4) is 44.5 Å². The van der Waals surface area contributed by atoms with E-state index < -0.39 is 5.41 Å². The summed E-state index contributed by atoms with van der Waals surface area (Å²) >= 11 is 0. The fourth-order valence-corrected chi connectivity index (χ4v) is 8.10. The maximum absolute atomic E-state index is 2.46. The largest absolute Gasteiger partial charge is 0.0707 e. The molecular weight excluding hydrogens is 601 g/mol. The first-order valence-corrected chi connectivity index (χ1v) is 17.5. The lowest BCUT2D eigenvalue weighted by Crippen LogP contribution is -2.36. The van der Waals surface area contributed by atoms with Gasteiger partial charge in [-0.3, -0.25) is 0 Å². The van der Waals surface area contributed by atoms with E-state index in [1.807, 2.05) is 0 Å². The zero-order valence-corrected chi connectivity index (χ0v) is 27.8. The summed E-state index contributed by atoms with van der Waals surface area (Å²) in [6, 6.07) is 76.1. The Morgan fingerprint density at radius 2 is 0.540 bits per heavy atom. The molecule has 0 amide bonds. The van der Waals surface area contributed by atoms with Gasteiger partial charge in [0.1, 0.15) is 0 Å². The molecule has 0 bridgehead atoms. The summed E-state index contributed by atoms with van der Waals surface area (Å²) in [6.45, 7) is 0. The van der Waals surface area contributed by atoms with Gasteiger partial charge < -0.3 is 0 Å². The Kier molecular flexibility index (Phi) is 7.56. The summed E-state index contributed by atoms with van der Waals surface area (Å²) in [6.07, 6.45) is 0.905. The van der Waals surface area contributed by atoms with Crippen molar-refractivity contribution >= 4 is 0 Å². The fourth-order valence-electron chi connectivity index (χ4n) is 8.10. The van der Waals surface area contributed by atoms with Crippen molar-refractivity contribution in [1.29, 1.82) is 0 Å².